The first-order valence-electron chi connectivity index (χ1n) is 11.1. The Balaban J connectivity index is 1.72. The van der Waals surface area contributed by atoms with E-state index in [-0.39, 0.29) is 11.7 Å². The molecule has 0 unspecified atom stereocenters. The Kier molecular flexibility index (Phi) is 7.62. The van der Waals surface area contributed by atoms with Crippen molar-refractivity contribution in [1.82, 2.24) is 5.32 Å². The van der Waals surface area contributed by atoms with Crippen molar-refractivity contribution in [3.63, 3.8) is 0 Å². The molecule has 180 valence electrons. The molecule has 0 radical (unpaired) electrons. The Morgan fingerprint density at radius 2 is 1.79 bits per heavy atom. The number of halogens is 2. The fraction of sp³-hybridized carbons (Fsp3) is 0.458. The maximum atomic E-state index is 13.7. The third-order valence-electron chi connectivity index (χ3n) is 6.02. The smallest absolute Gasteiger partial charge is 0.244 e. The van der Waals surface area contributed by atoms with Crippen LogP contribution in [0.4, 0.5) is 20.2 Å². The van der Waals surface area contributed by atoms with Gasteiger partial charge < -0.3 is 10.2 Å². The van der Waals surface area contributed by atoms with Gasteiger partial charge in [-0.1, -0.05) is 19.1 Å². The highest BCUT2D eigenvalue weighted by atomic mass is 32.2. The van der Waals surface area contributed by atoms with E-state index in [1.807, 2.05) is 31.2 Å². The number of hydrogen-bond donors (Lipinski definition) is 1. The monoisotopic (exact) mass is 479 g/mol. The zero-order valence-electron chi connectivity index (χ0n) is 19.4. The molecule has 6 nitrogen and oxygen atoms in total. The Hall–Kier alpha value is -2.68. The van der Waals surface area contributed by atoms with Gasteiger partial charge in [-0.3, -0.25) is 9.10 Å². The van der Waals surface area contributed by atoms with Crippen LogP contribution >= 0.6 is 0 Å². The van der Waals surface area contributed by atoms with E-state index < -0.39 is 33.6 Å². The van der Waals surface area contributed by atoms with E-state index in [1.54, 1.807) is 0 Å². The van der Waals surface area contributed by atoms with Gasteiger partial charge in [-0.15, -0.1) is 0 Å². The zero-order chi connectivity index (χ0) is 24.3. The molecular formula is C24H31F2N3O3S. The normalized spacial score (nSPS) is 18.5. The summed E-state index contributed by atoms with van der Waals surface area (Å²) < 4.78 is 52.6. The van der Waals surface area contributed by atoms with Crippen LogP contribution in [-0.2, 0) is 14.8 Å². The van der Waals surface area contributed by atoms with Crippen LogP contribution < -0.4 is 14.5 Å². The van der Waals surface area contributed by atoms with Crippen LogP contribution in [0.25, 0.3) is 0 Å². The first-order valence-corrected chi connectivity index (χ1v) is 12.9. The fourth-order valence-electron chi connectivity index (χ4n) is 4.25. The van der Waals surface area contributed by atoms with Gasteiger partial charge in [-0.25, -0.2) is 17.2 Å². The standard InChI is InChI=1S/C24H31F2N3O3S/c1-16-6-5-13-28(15-16)20-9-7-19(8-10-20)17(2)27-24(30)18(3)29(33(4,31)32)21-11-12-22(25)23(26)14-21/h7-12,14,16-18H,5-6,13,15H2,1-4H3,(H,27,30)/t16-,17+,18+/m1/s1. The minimum Gasteiger partial charge on any atom is -0.371 e. The molecule has 1 fully saturated rings. The third-order valence-corrected chi connectivity index (χ3v) is 7.26. The summed E-state index contributed by atoms with van der Waals surface area (Å²) in [6, 6.07) is 9.16. The molecule has 1 heterocycles. The summed E-state index contributed by atoms with van der Waals surface area (Å²) in [4.78, 5) is 15.3. The van der Waals surface area contributed by atoms with Crippen molar-refractivity contribution < 1.29 is 22.0 Å². The lowest BCUT2D eigenvalue weighted by Crippen LogP contribution is -2.48. The van der Waals surface area contributed by atoms with E-state index in [2.05, 4.69) is 17.1 Å². The number of anilines is 2. The van der Waals surface area contributed by atoms with Gasteiger partial charge in [-0.2, -0.15) is 0 Å². The highest BCUT2D eigenvalue weighted by Crippen LogP contribution is 2.26. The molecule has 1 aliphatic heterocycles. The molecule has 0 saturated carbocycles. The van der Waals surface area contributed by atoms with E-state index in [0.717, 1.165) is 53.1 Å². The maximum absolute atomic E-state index is 13.7. The molecule has 33 heavy (non-hydrogen) atoms. The minimum atomic E-state index is -3.94. The van der Waals surface area contributed by atoms with Crippen LogP contribution in [0.2, 0.25) is 0 Å². The largest absolute Gasteiger partial charge is 0.371 e. The second-order valence-corrected chi connectivity index (χ2v) is 10.7. The topological polar surface area (TPSA) is 69.7 Å². The Labute approximate surface area is 194 Å². The van der Waals surface area contributed by atoms with Crippen LogP contribution in [0.3, 0.4) is 0 Å². The number of nitrogens with zero attached hydrogens (tertiary/aromatic N) is 2. The molecule has 2 aromatic carbocycles. The predicted molar refractivity (Wildman–Crippen MR) is 127 cm³/mol. The van der Waals surface area contributed by atoms with Crippen molar-refractivity contribution in [3.8, 4) is 0 Å². The third kappa shape index (κ3) is 6.01. The van der Waals surface area contributed by atoms with Gasteiger partial charge in [0.1, 0.15) is 6.04 Å². The Morgan fingerprint density at radius 1 is 1.12 bits per heavy atom. The van der Waals surface area contributed by atoms with Crippen molar-refractivity contribution >= 4 is 27.3 Å². The summed E-state index contributed by atoms with van der Waals surface area (Å²) in [5.74, 6) is -2.18. The highest BCUT2D eigenvalue weighted by Gasteiger charge is 2.30. The van der Waals surface area contributed by atoms with Gasteiger partial charge in [0.15, 0.2) is 11.6 Å². The van der Waals surface area contributed by atoms with Crippen LogP contribution in [0, 0.1) is 17.6 Å². The maximum Gasteiger partial charge on any atom is 0.244 e. The number of amides is 1. The van der Waals surface area contributed by atoms with Crippen LogP contribution in [-0.4, -0.2) is 39.7 Å². The van der Waals surface area contributed by atoms with Gasteiger partial charge in [0, 0.05) is 24.8 Å². The summed E-state index contributed by atoms with van der Waals surface area (Å²) >= 11 is 0. The van der Waals surface area contributed by atoms with Crippen LogP contribution in [0.1, 0.15) is 45.2 Å². The van der Waals surface area contributed by atoms with Gasteiger partial charge in [0.25, 0.3) is 0 Å². The Morgan fingerprint density at radius 3 is 2.36 bits per heavy atom. The van der Waals surface area contributed by atoms with E-state index in [4.69, 9.17) is 0 Å². The molecule has 0 bridgehead atoms. The van der Waals surface area contributed by atoms with Crippen molar-refractivity contribution in [3.05, 3.63) is 59.7 Å². The van der Waals surface area contributed by atoms with Gasteiger partial charge in [0.2, 0.25) is 15.9 Å². The molecular weight excluding hydrogens is 448 g/mol. The minimum absolute atomic E-state index is 0.119. The number of nitrogens with one attached hydrogen (secondary N) is 1. The number of sulfonamides is 1. The average Bonchev–Trinajstić information content (AvgIpc) is 2.75. The summed E-state index contributed by atoms with van der Waals surface area (Å²) in [5, 5.41) is 2.82. The second-order valence-electron chi connectivity index (χ2n) is 8.85. The molecule has 0 aromatic heterocycles. The molecule has 1 aliphatic rings. The summed E-state index contributed by atoms with van der Waals surface area (Å²) in [6.45, 7) is 7.52. The number of rotatable bonds is 7. The number of carbonyl (C=O) groups is 1. The summed E-state index contributed by atoms with van der Waals surface area (Å²) in [5.41, 5.74) is 1.90. The molecule has 9 heteroatoms. The first kappa shape index (κ1) is 25.0. The van der Waals surface area contributed by atoms with Gasteiger partial charge >= 0.3 is 0 Å². The van der Waals surface area contributed by atoms with Crippen molar-refractivity contribution in [2.24, 2.45) is 5.92 Å². The number of benzene rings is 2. The SMILES string of the molecule is C[C@@H]1CCCN(c2ccc([C@H](C)NC(=O)[C@H](C)N(c3ccc(F)c(F)c3)S(C)(=O)=O)cc2)C1. The molecule has 0 spiro atoms. The Bertz CT molecular complexity index is 1090. The molecule has 1 N–H and O–H groups in total. The quantitative estimate of drug-likeness (QED) is 0.645. The second kappa shape index (κ2) is 10.1. The molecule has 1 saturated heterocycles. The number of carbonyl (C=O) groups excluding carboxylic acids is 1. The van der Waals surface area contributed by atoms with Crippen molar-refractivity contribution in [1.29, 1.82) is 0 Å². The highest BCUT2D eigenvalue weighted by molar-refractivity contribution is 7.92. The fourth-order valence-corrected chi connectivity index (χ4v) is 5.41. The van der Waals surface area contributed by atoms with Gasteiger partial charge in [0.05, 0.1) is 18.0 Å². The summed E-state index contributed by atoms with van der Waals surface area (Å²) in [7, 11) is -3.94. The van der Waals surface area contributed by atoms with Crippen LogP contribution in [0.5, 0.6) is 0 Å². The van der Waals surface area contributed by atoms with E-state index in [0.29, 0.717) is 5.92 Å². The molecule has 3 rings (SSSR count). The summed E-state index contributed by atoms with van der Waals surface area (Å²) in [6.07, 6.45) is 3.33. The van der Waals surface area contributed by atoms with Gasteiger partial charge in [-0.05, 0) is 62.4 Å². The van der Waals surface area contributed by atoms with E-state index in [1.165, 1.54) is 19.8 Å². The zero-order valence-corrected chi connectivity index (χ0v) is 20.2. The molecule has 1 amide bonds. The van der Waals surface area contributed by atoms with E-state index >= 15 is 0 Å². The number of hydrogen-bond acceptors (Lipinski definition) is 4. The van der Waals surface area contributed by atoms with Crippen LogP contribution in [0.15, 0.2) is 42.5 Å². The lowest BCUT2D eigenvalue weighted by atomic mass is 9.99. The lowest BCUT2D eigenvalue weighted by Gasteiger charge is -2.33. The lowest BCUT2D eigenvalue weighted by molar-refractivity contribution is -0.122. The molecule has 2 aromatic rings. The molecule has 0 aliphatic carbocycles. The predicted octanol–water partition coefficient (Wildman–Crippen LogP) is 4.23. The number of piperidine rings is 1. The van der Waals surface area contributed by atoms with Crippen molar-refractivity contribution in [2.75, 3.05) is 28.6 Å². The van der Waals surface area contributed by atoms with E-state index in [9.17, 15) is 22.0 Å². The average molecular weight is 480 g/mol. The molecule has 3 atom stereocenters. The van der Waals surface area contributed by atoms with Crippen molar-refractivity contribution in [2.45, 2.75) is 45.7 Å². The first-order chi connectivity index (χ1) is 15.5.